The minimum absolute atomic E-state index is 0.224. The number of carbonyl (C=O) groups excluding carboxylic acids is 1. The van der Waals surface area contributed by atoms with Crippen LogP contribution in [-0.2, 0) is 4.79 Å². The Labute approximate surface area is 94.9 Å². The topological polar surface area (TPSA) is 76.4 Å². The summed E-state index contributed by atoms with van der Waals surface area (Å²) in [5.74, 6) is 5.64. The fourth-order valence-electron chi connectivity index (χ4n) is 1.34. The Morgan fingerprint density at radius 3 is 2.50 bits per heavy atom. The average molecular weight is 223 g/mol. The first kappa shape index (κ1) is 12.3. The Balaban J connectivity index is 2.66. The van der Waals surface area contributed by atoms with Gasteiger partial charge in [0, 0.05) is 5.69 Å². The summed E-state index contributed by atoms with van der Waals surface area (Å²) in [6, 6.07) is 7.04. The Morgan fingerprint density at radius 1 is 1.44 bits per heavy atom. The van der Waals surface area contributed by atoms with Crippen molar-refractivity contribution in [2.45, 2.75) is 19.4 Å². The van der Waals surface area contributed by atoms with E-state index in [4.69, 9.17) is 10.6 Å². The number of hydrogen-bond acceptors (Lipinski definition) is 4. The summed E-state index contributed by atoms with van der Waals surface area (Å²) in [5, 5.41) is 3.08. The van der Waals surface area contributed by atoms with Gasteiger partial charge in [0.25, 0.3) is 5.91 Å². The molecule has 1 aromatic rings. The van der Waals surface area contributed by atoms with Crippen molar-refractivity contribution in [3.05, 3.63) is 24.3 Å². The van der Waals surface area contributed by atoms with Crippen molar-refractivity contribution in [2.75, 3.05) is 12.4 Å². The van der Waals surface area contributed by atoms with E-state index in [1.54, 1.807) is 7.11 Å². The molecule has 0 saturated carbocycles. The van der Waals surface area contributed by atoms with Crippen molar-refractivity contribution in [3.63, 3.8) is 0 Å². The number of hydrogen-bond donors (Lipinski definition) is 3. The Kier molecular flexibility index (Phi) is 4.60. The van der Waals surface area contributed by atoms with Gasteiger partial charge in [-0.25, -0.2) is 5.84 Å². The first-order chi connectivity index (χ1) is 7.71. The van der Waals surface area contributed by atoms with Crippen LogP contribution in [0.15, 0.2) is 24.3 Å². The monoisotopic (exact) mass is 223 g/mol. The lowest BCUT2D eigenvalue weighted by Gasteiger charge is -2.16. The van der Waals surface area contributed by atoms with E-state index >= 15 is 0 Å². The number of ether oxygens (including phenoxy) is 1. The first-order valence-electron chi connectivity index (χ1n) is 5.12. The molecule has 0 saturated heterocycles. The summed E-state index contributed by atoms with van der Waals surface area (Å²) in [7, 11) is 1.61. The number of nitrogens with one attached hydrogen (secondary N) is 2. The maximum absolute atomic E-state index is 11.3. The molecular weight excluding hydrogens is 206 g/mol. The number of benzene rings is 1. The molecule has 0 spiro atoms. The van der Waals surface area contributed by atoms with Gasteiger partial charge in [-0.15, -0.1) is 0 Å². The molecule has 0 heterocycles. The molecule has 1 atom stereocenters. The molecule has 0 bridgehead atoms. The molecule has 0 unspecified atom stereocenters. The van der Waals surface area contributed by atoms with Crippen LogP contribution in [0, 0.1) is 0 Å². The van der Waals surface area contributed by atoms with Gasteiger partial charge in [0.15, 0.2) is 0 Å². The second-order valence-corrected chi connectivity index (χ2v) is 3.34. The van der Waals surface area contributed by atoms with Gasteiger partial charge in [0.05, 0.1) is 7.11 Å². The van der Waals surface area contributed by atoms with Gasteiger partial charge in [-0.05, 0) is 30.7 Å². The summed E-state index contributed by atoms with van der Waals surface area (Å²) in [5.41, 5.74) is 2.99. The van der Waals surface area contributed by atoms with E-state index in [1.165, 1.54) is 0 Å². The van der Waals surface area contributed by atoms with Gasteiger partial charge in [-0.3, -0.25) is 10.2 Å². The van der Waals surface area contributed by atoms with Gasteiger partial charge in [0.1, 0.15) is 11.8 Å². The predicted octanol–water partition coefficient (Wildman–Crippen LogP) is 0.876. The molecule has 88 valence electrons. The fraction of sp³-hybridized carbons (Fsp3) is 0.364. The highest BCUT2D eigenvalue weighted by molar-refractivity contribution is 5.83. The van der Waals surface area contributed by atoms with Crippen LogP contribution in [0.2, 0.25) is 0 Å². The molecule has 1 aromatic carbocycles. The maximum Gasteiger partial charge on any atom is 0.256 e. The molecule has 1 amide bonds. The zero-order valence-electron chi connectivity index (χ0n) is 9.49. The summed E-state index contributed by atoms with van der Waals surface area (Å²) >= 11 is 0. The average Bonchev–Trinajstić information content (AvgIpc) is 2.35. The van der Waals surface area contributed by atoms with E-state index in [1.807, 2.05) is 31.2 Å². The van der Waals surface area contributed by atoms with Gasteiger partial charge < -0.3 is 10.1 Å². The van der Waals surface area contributed by atoms with Crippen LogP contribution in [0.5, 0.6) is 5.75 Å². The molecule has 0 aliphatic heterocycles. The number of rotatable bonds is 5. The third kappa shape index (κ3) is 3.13. The Hall–Kier alpha value is -1.75. The predicted molar refractivity (Wildman–Crippen MR) is 63.0 cm³/mol. The second-order valence-electron chi connectivity index (χ2n) is 3.34. The minimum Gasteiger partial charge on any atom is -0.497 e. The van der Waals surface area contributed by atoms with Crippen molar-refractivity contribution in [1.29, 1.82) is 0 Å². The lowest BCUT2D eigenvalue weighted by molar-refractivity contribution is -0.121. The highest BCUT2D eigenvalue weighted by atomic mass is 16.5. The van der Waals surface area contributed by atoms with E-state index in [0.29, 0.717) is 6.42 Å². The van der Waals surface area contributed by atoms with Crippen molar-refractivity contribution in [2.24, 2.45) is 5.84 Å². The van der Waals surface area contributed by atoms with Gasteiger partial charge in [0.2, 0.25) is 0 Å². The Bertz CT molecular complexity index is 338. The highest BCUT2D eigenvalue weighted by Crippen LogP contribution is 2.16. The number of carbonyl (C=O) groups is 1. The van der Waals surface area contributed by atoms with Crippen LogP contribution in [-0.4, -0.2) is 19.1 Å². The van der Waals surface area contributed by atoms with Crippen LogP contribution in [0.3, 0.4) is 0 Å². The van der Waals surface area contributed by atoms with Crippen LogP contribution < -0.4 is 21.3 Å². The molecule has 16 heavy (non-hydrogen) atoms. The minimum atomic E-state index is -0.321. The zero-order chi connectivity index (χ0) is 12.0. The molecule has 4 N–H and O–H groups in total. The number of methoxy groups -OCH3 is 1. The summed E-state index contributed by atoms with van der Waals surface area (Å²) in [4.78, 5) is 11.3. The van der Waals surface area contributed by atoms with E-state index in [2.05, 4.69) is 10.7 Å². The standard InChI is InChI=1S/C11H17N3O2/c1-3-10(11(15)14-12)13-8-4-6-9(16-2)7-5-8/h4-7,10,13H,3,12H2,1-2H3,(H,14,15)/t10-/m0/s1. The third-order valence-electron chi connectivity index (χ3n) is 2.30. The first-order valence-corrected chi connectivity index (χ1v) is 5.12. The van der Waals surface area contributed by atoms with E-state index in [-0.39, 0.29) is 11.9 Å². The number of amides is 1. The van der Waals surface area contributed by atoms with E-state index < -0.39 is 0 Å². The van der Waals surface area contributed by atoms with Gasteiger partial charge in [-0.2, -0.15) is 0 Å². The molecule has 0 aliphatic rings. The molecular formula is C11H17N3O2. The smallest absolute Gasteiger partial charge is 0.256 e. The number of nitrogens with two attached hydrogens (primary N) is 1. The highest BCUT2D eigenvalue weighted by Gasteiger charge is 2.14. The van der Waals surface area contributed by atoms with Crippen molar-refractivity contribution in [3.8, 4) is 5.75 Å². The maximum atomic E-state index is 11.3. The lowest BCUT2D eigenvalue weighted by Crippen LogP contribution is -2.42. The molecule has 5 heteroatoms. The number of hydrazine groups is 1. The fourth-order valence-corrected chi connectivity index (χ4v) is 1.34. The molecule has 5 nitrogen and oxygen atoms in total. The summed E-state index contributed by atoms with van der Waals surface area (Å²) in [6.45, 7) is 1.91. The summed E-state index contributed by atoms with van der Waals surface area (Å²) < 4.78 is 5.04. The van der Waals surface area contributed by atoms with Crippen LogP contribution in [0.25, 0.3) is 0 Å². The van der Waals surface area contributed by atoms with Crippen molar-refractivity contribution >= 4 is 11.6 Å². The molecule has 0 fully saturated rings. The second kappa shape index (κ2) is 5.97. The quantitative estimate of drug-likeness (QED) is 0.393. The van der Waals surface area contributed by atoms with Crippen molar-refractivity contribution in [1.82, 2.24) is 5.43 Å². The summed E-state index contributed by atoms with van der Waals surface area (Å²) in [6.07, 6.45) is 0.662. The van der Waals surface area contributed by atoms with E-state index in [9.17, 15) is 4.79 Å². The normalized spacial score (nSPS) is 11.7. The van der Waals surface area contributed by atoms with Crippen molar-refractivity contribution < 1.29 is 9.53 Å². The molecule has 0 aromatic heterocycles. The Morgan fingerprint density at radius 2 is 2.06 bits per heavy atom. The molecule has 1 rings (SSSR count). The van der Waals surface area contributed by atoms with Crippen LogP contribution >= 0.6 is 0 Å². The molecule has 0 radical (unpaired) electrons. The van der Waals surface area contributed by atoms with Crippen LogP contribution in [0.4, 0.5) is 5.69 Å². The van der Waals surface area contributed by atoms with Gasteiger partial charge in [-0.1, -0.05) is 6.92 Å². The zero-order valence-corrected chi connectivity index (χ0v) is 9.49. The van der Waals surface area contributed by atoms with Gasteiger partial charge >= 0.3 is 0 Å². The lowest BCUT2D eigenvalue weighted by atomic mass is 10.2. The van der Waals surface area contributed by atoms with E-state index in [0.717, 1.165) is 11.4 Å². The SMILES string of the molecule is CC[C@H](Nc1ccc(OC)cc1)C(=O)NN. The van der Waals surface area contributed by atoms with Crippen LogP contribution in [0.1, 0.15) is 13.3 Å². The molecule has 0 aliphatic carbocycles. The third-order valence-corrected chi connectivity index (χ3v) is 2.30. The largest absolute Gasteiger partial charge is 0.497 e. The number of anilines is 1.